The fraction of sp³-hybridized carbons (Fsp3) is 0.786. The fourth-order valence-corrected chi connectivity index (χ4v) is 2.44. The lowest BCUT2D eigenvalue weighted by Crippen LogP contribution is -2.26. The molecule has 7 heteroatoms. The van der Waals surface area contributed by atoms with Crippen LogP contribution in [0, 0.1) is 0 Å². The van der Waals surface area contributed by atoms with Crippen LogP contribution in [0.2, 0.25) is 0 Å². The van der Waals surface area contributed by atoms with E-state index in [1.807, 2.05) is 0 Å². The van der Waals surface area contributed by atoms with Gasteiger partial charge in [0, 0.05) is 12.6 Å². The van der Waals surface area contributed by atoms with Crippen molar-refractivity contribution in [2.75, 3.05) is 39.2 Å². The zero-order chi connectivity index (χ0) is 15.1. The molecule has 0 amide bonds. The van der Waals surface area contributed by atoms with Crippen LogP contribution in [0.4, 0.5) is 5.95 Å². The van der Waals surface area contributed by atoms with E-state index in [1.165, 1.54) is 26.5 Å². The van der Waals surface area contributed by atoms with Crippen molar-refractivity contribution in [3.05, 3.63) is 0 Å². The number of methoxy groups -OCH3 is 1. The number of hydrogen-bond donors (Lipinski definition) is 1. The van der Waals surface area contributed by atoms with Crippen LogP contribution in [0.3, 0.4) is 0 Å². The Kier molecular flexibility index (Phi) is 5.98. The molecule has 0 bridgehead atoms. The average Bonchev–Trinajstić information content (AvgIpc) is 2.90. The summed E-state index contributed by atoms with van der Waals surface area (Å²) in [5, 5.41) is 3.12. The molecule has 1 N–H and O–H groups in total. The van der Waals surface area contributed by atoms with Crippen LogP contribution < -0.4 is 14.8 Å². The molecule has 21 heavy (non-hydrogen) atoms. The maximum absolute atomic E-state index is 5.67. The van der Waals surface area contributed by atoms with Crippen molar-refractivity contribution in [1.82, 2.24) is 19.9 Å². The van der Waals surface area contributed by atoms with Crippen molar-refractivity contribution >= 4 is 5.95 Å². The van der Waals surface area contributed by atoms with Crippen molar-refractivity contribution < 1.29 is 9.47 Å². The molecule has 1 unspecified atom stereocenters. The third kappa shape index (κ3) is 4.70. The number of nitrogens with zero attached hydrogens (tertiary/aromatic N) is 4. The van der Waals surface area contributed by atoms with Crippen molar-refractivity contribution in [1.29, 1.82) is 0 Å². The summed E-state index contributed by atoms with van der Waals surface area (Å²) in [7, 11) is 3.70. The number of likely N-dealkylation sites (tertiary alicyclic amines) is 1. The maximum atomic E-state index is 5.67. The number of anilines is 1. The van der Waals surface area contributed by atoms with E-state index in [-0.39, 0.29) is 6.01 Å². The van der Waals surface area contributed by atoms with Crippen LogP contribution in [0.25, 0.3) is 0 Å². The second-order valence-corrected chi connectivity index (χ2v) is 5.27. The van der Waals surface area contributed by atoms with Gasteiger partial charge >= 0.3 is 12.0 Å². The van der Waals surface area contributed by atoms with Crippen LogP contribution in [0.5, 0.6) is 12.0 Å². The van der Waals surface area contributed by atoms with Crippen molar-refractivity contribution in [3.8, 4) is 12.0 Å². The van der Waals surface area contributed by atoms with E-state index in [0.717, 1.165) is 19.4 Å². The molecule has 2 heterocycles. The van der Waals surface area contributed by atoms with E-state index >= 15 is 0 Å². The van der Waals surface area contributed by atoms with Gasteiger partial charge in [-0.2, -0.15) is 9.97 Å². The van der Waals surface area contributed by atoms with Gasteiger partial charge < -0.3 is 19.7 Å². The molecule has 2 rings (SSSR count). The lowest BCUT2D eigenvalue weighted by molar-refractivity contribution is 0.220. The van der Waals surface area contributed by atoms with E-state index in [4.69, 9.17) is 9.47 Å². The highest BCUT2D eigenvalue weighted by Gasteiger charge is 2.20. The first-order valence-electron chi connectivity index (χ1n) is 7.60. The zero-order valence-corrected chi connectivity index (χ0v) is 13.1. The van der Waals surface area contributed by atoms with Gasteiger partial charge in [0.05, 0.1) is 13.7 Å². The Balaban J connectivity index is 1.88. The predicted molar refractivity (Wildman–Crippen MR) is 80.9 cm³/mol. The minimum absolute atomic E-state index is 0.275. The average molecular weight is 295 g/mol. The molecule has 1 fully saturated rings. The van der Waals surface area contributed by atoms with Gasteiger partial charge in [-0.1, -0.05) is 6.92 Å². The molecule has 0 aliphatic carbocycles. The number of hydrogen-bond acceptors (Lipinski definition) is 7. The molecule has 118 valence electrons. The monoisotopic (exact) mass is 295 g/mol. The zero-order valence-electron chi connectivity index (χ0n) is 13.1. The highest BCUT2D eigenvalue weighted by molar-refractivity contribution is 5.27. The lowest BCUT2D eigenvalue weighted by atomic mass is 10.2. The van der Waals surface area contributed by atoms with Crippen LogP contribution in [-0.2, 0) is 0 Å². The van der Waals surface area contributed by atoms with Gasteiger partial charge in [-0.15, -0.1) is 4.98 Å². The highest BCUT2D eigenvalue weighted by Crippen LogP contribution is 2.18. The van der Waals surface area contributed by atoms with E-state index < -0.39 is 0 Å². The van der Waals surface area contributed by atoms with Gasteiger partial charge in [0.1, 0.15) is 0 Å². The molecule has 0 saturated carbocycles. The summed E-state index contributed by atoms with van der Waals surface area (Å²) >= 11 is 0. The molecular weight excluding hydrogens is 270 g/mol. The van der Waals surface area contributed by atoms with Gasteiger partial charge in [-0.25, -0.2) is 0 Å². The quantitative estimate of drug-likeness (QED) is 0.780. The van der Waals surface area contributed by atoms with Crippen LogP contribution in [0.1, 0.15) is 32.6 Å². The largest absolute Gasteiger partial charge is 0.467 e. The van der Waals surface area contributed by atoms with Gasteiger partial charge in [0.15, 0.2) is 0 Å². The molecule has 1 saturated heterocycles. The van der Waals surface area contributed by atoms with Crippen molar-refractivity contribution in [2.45, 2.75) is 38.6 Å². The molecule has 0 spiro atoms. The standard InChI is InChI=1S/C14H25N5O2/c1-4-8-15-12-16-13(20-3)18-14(17-12)21-10-7-11-6-5-9-19(11)2/h11H,4-10H2,1-3H3,(H,15,16,17,18). The summed E-state index contributed by atoms with van der Waals surface area (Å²) in [4.78, 5) is 14.9. The molecule has 1 aromatic heterocycles. The third-order valence-corrected chi connectivity index (χ3v) is 3.66. The van der Waals surface area contributed by atoms with Gasteiger partial charge in [-0.05, 0) is 39.3 Å². The minimum atomic E-state index is 0.275. The summed E-state index contributed by atoms with van der Waals surface area (Å²) in [6.07, 6.45) is 4.50. The Labute approximate surface area is 126 Å². The number of ether oxygens (including phenoxy) is 2. The molecule has 0 radical (unpaired) electrons. The fourth-order valence-electron chi connectivity index (χ4n) is 2.44. The third-order valence-electron chi connectivity index (χ3n) is 3.66. The molecule has 1 aliphatic heterocycles. The molecule has 7 nitrogen and oxygen atoms in total. The van der Waals surface area contributed by atoms with E-state index in [9.17, 15) is 0 Å². The summed E-state index contributed by atoms with van der Waals surface area (Å²) in [6, 6.07) is 1.20. The molecule has 1 aliphatic rings. The first-order valence-corrected chi connectivity index (χ1v) is 7.60. The normalized spacial score (nSPS) is 18.7. The number of rotatable bonds is 8. The van der Waals surface area contributed by atoms with E-state index in [0.29, 0.717) is 24.6 Å². The lowest BCUT2D eigenvalue weighted by Gasteiger charge is -2.18. The Bertz CT molecular complexity index is 443. The van der Waals surface area contributed by atoms with Gasteiger partial charge in [0.25, 0.3) is 0 Å². The molecule has 1 aromatic rings. The summed E-state index contributed by atoms with van der Waals surface area (Å²) < 4.78 is 10.8. The Morgan fingerprint density at radius 3 is 2.76 bits per heavy atom. The van der Waals surface area contributed by atoms with E-state index in [2.05, 4.69) is 39.1 Å². The number of nitrogens with one attached hydrogen (secondary N) is 1. The van der Waals surface area contributed by atoms with Gasteiger partial charge in [0.2, 0.25) is 5.95 Å². The Hall–Kier alpha value is -1.63. The Morgan fingerprint density at radius 2 is 2.10 bits per heavy atom. The second-order valence-electron chi connectivity index (χ2n) is 5.27. The minimum Gasteiger partial charge on any atom is -0.467 e. The van der Waals surface area contributed by atoms with Crippen LogP contribution in [-0.4, -0.2) is 59.7 Å². The first kappa shape index (κ1) is 15.8. The highest BCUT2D eigenvalue weighted by atomic mass is 16.5. The van der Waals surface area contributed by atoms with Crippen LogP contribution in [0.15, 0.2) is 0 Å². The molecular formula is C14H25N5O2. The SMILES string of the molecule is CCCNc1nc(OC)nc(OCCC2CCCN2C)n1. The second kappa shape index (κ2) is 7.97. The predicted octanol–water partition coefficient (Wildman–Crippen LogP) is 1.57. The smallest absolute Gasteiger partial charge is 0.324 e. The number of aromatic nitrogens is 3. The topological polar surface area (TPSA) is 72.4 Å². The van der Waals surface area contributed by atoms with Crippen LogP contribution >= 0.6 is 0 Å². The van der Waals surface area contributed by atoms with Crippen molar-refractivity contribution in [3.63, 3.8) is 0 Å². The molecule has 1 atom stereocenters. The van der Waals surface area contributed by atoms with Gasteiger partial charge in [-0.3, -0.25) is 0 Å². The van der Waals surface area contributed by atoms with E-state index in [1.54, 1.807) is 0 Å². The summed E-state index contributed by atoms with van der Waals surface area (Å²) in [5.41, 5.74) is 0. The first-order chi connectivity index (χ1) is 10.2. The Morgan fingerprint density at radius 1 is 1.29 bits per heavy atom. The van der Waals surface area contributed by atoms with Crippen molar-refractivity contribution in [2.24, 2.45) is 0 Å². The summed E-state index contributed by atoms with van der Waals surface area (Å²) in [5.74, 6) is 0.497. The summed E-state index contributed by atoms with van der Waals surface area (Å²) in [6.45, 7) is 4.67. The molecule has 0 aromatic carbocycles. The maximum Gasteiger partial charge on any atom is 0.324 e.